The maximum atomic E-state index is 13.0. The number of aryl methyl sites for hydroxylation is 1. The zero-order chi connectivity index (χ0) is 16.5. The predicted octanol–water partition coefficient (Wildman–Crippen LogP) is 2.53. The third kappa shape index (κ3) is 2.68. The molecule has 4 rings (SSSR count). The Kier molecular flexibility index (Phi) is 3.80. The third-order valence-electron chi connectivity index (χ3n) is 4.76. The lowest BCUT2D eigenvalue weighted by molar-refractivity contribution is 0.0578. The molecule has 0 unspecified atom stereocenters. The van der Waals surface area contributed by atoms with E-state index in [9.17, 15) is 4.79 Å². The first-order chi connectivity index (χ1) is 11.7. The summed E-state index contributed by atoms with van der Waals surface area (Å²) in [5.74, 6) is 0.0231. The van der Waals surface area contributed by atoms with Crippen LogP contribution in [-0.2, 0) is 6.54 Å². The van der Waals surface area contributed by atoms with Crippen LogP contribution in [0.25, 0.3) is 5.65 Å². The number of piperidine rings is 1. The van der Waals surface area contributed by atoms with E-state index in [1.807, 2.05) is 57.6 Å². The predicted molar refractivity (Wildman–Crippen MR) is 90.8 cm³/mol. The van der Waals surface area contributed by atoms with Crippen LogP contribution in [0, 0.1) is 6.92 Å². The molecule has 0 radical (unpaired) electrons. The molecule has 0 aliphatic carbocycles. The summed E-state index contributed by atoms with van der Waals surface area (Å²) >= 11 is 0. The van der Waals surface area contributed by atoms with Crippen molar-refractivity contribution >= 4 is 11.6 Å². The molecule has 1 amide bonds. The van der Waals surface area contributed by atoms with Crippen LogP contribution in [0.3, 0.4) is 0 Å². The number of amides is 1. The number of likely N-dealkylation sites (tertiary alicyclic amines) is 1. The number of imidazole rings is 1. The summed E-state index contributed by atoms with van der Waals surface area (Å²) in [6, 6.07) is 8.01. The molecule has 1 atom stereocenters. The molecule has 24 heavy (non-hydrogen) atoms. The van der Waals surface area contributed by atoms with Crippen molar-refractivity contribution in [3.05, 3.63) is 54.2 Å². The molecular weight excluding hydrogens is 302 g/mol. The van der Waals surface area contributed by atoms with E-state index >= 15 is 0 Å². The van der Waals surface area contributed by atoms with Gasteiger partial charge in [-0.05, 0) is 44.4 Å². The number of hydrogen-bond acceptors (Lipinski definition) is 3. The van der Waals surface area contributed by atoms with E-state index in [0.29, 0.717) is 5.69 Å². The monoisotopic (exact) mass is 323 g/mol. The molecule has 3 aromatic heterocycles. The first-order valence-corrected chi connectivity index (χ1v) is 8.45. The summed E-state index contributed by atoms with van der Waals surface area (Å²) < 4.78 is 3.88. The molecule has 4 heterocycles. The summed E-state index contributed by atoms with van der Waals surface area (Å²) in [6.45, 7) is 3.55. The number of carbonyl (C=O) groups excluding carboxylic acids is 1. The molecule has 124 valence electrons. The van der Waals surface area contributed by atoms with Crippen molar-refractivity contribution in [2.24, 2.45) is 0 Å². The van der Waals surface area contributed by atoms with Gasteiger partial charge in [0.1, 0.15) is 11.3 Å². The molecule has 1 saturated heterocycles. The number of pyridine rings is 1. The van der Waals surface area contributed by atoms with Gasteiger partial charge >= 0.3 is 0 Å². The van der Waals surface area contributed by atoms with Gasteiger partial charge in [0.25, 0.3) is 5.91 Å². The normalized spacial score (nSPS) is 18.2. The van der Waals surface area contributed by atoms with Gasteiger partial charge in [0.2, 0.25) is 0 Å². The largest absolute Gasteiger partial charge is 0.332 e. The molecular formula is C18H21N5O. The smallest absolute Gasteiger partial charge is 0.274 e. The van der Waals surface area contributed by atoms with Crippen molar-refractivity contribution < 1.29 is 4.79 Å². The summed E-state index contributed by atoms with van der Waals surface area (Å²) in [6.07, 6.45) is 8.80. The van der Waals surface area contributed by atoms with Crippen LogP contribution in [0.5, 0.6) is 0 Å². The molecule has 0 saturated carbocycles. The Morgan fingerprint density at radius 2 is 2.21 bits per heavy atom. The van der Waals surface area contributed by atoms with Crippen LogP contribution in [0.1, 0.15) is 35.4 Å². The van der Waals surface area contributed by atoms with Gasteiger partial charge in [-0.15, -0.1) is 0 Å². The molecule has 1 aliphatic rings. The lowest BCUT2D eigenvalue weighted by atomic mass is 10.0. The second-order valence-corrected chi connectivity index (χ2v) is 6.40. The van der Waals surface area contributed by atoms with Crippen LogP contribution >= 0.6 is 0 Å². The van der Waals surface area contributed by atoms with E-state index in [2.05, 4.69) is 10.1 Å². The van der Waals surface area contributed by atoms with Crippen molar-refractivity contribution in [2.75, 3.05) is 6.54 Å². The molecule has 1 aliphatic heterocycles. The molecule has 1 fully saturated rings. The average Bonchev–Trinajstić information content (AvgIpc) is 3.25. The van der Waals surface area contributed by atoms with Gasteiger partial charge in [0, 0.05) is 30.8 Å². The molecule has 0 bridgehead atoms. The van der Waals surface area contributed by atoms with E-state index in [4.69, 9.17) is 0 Å². The Bertz CT molecular complexity index is 852. The maximum Gasteiger partial charge on any atom is 0.274 e. The van der Waals surface area contributed by atoms with Crippen LogP contribution in [0.4, 0.5) is 0 Å². The van der Waals surface area contributed by atoms with E-state index < -0.39 is 0 Å². The van der Waals surface area contributed by atoms with Crippen molar-refractivity contribution in [1.82, 2.24) is 24.1 Å². The second kappa shape index (κ2) is 6.11. The van der Waals surface area contributed by atoms with Gasteiger partial charge in [-0.1, -0.05) is 6.07 Å². The van der Waals surface area contributed by atoms with Crippen LogP contribution in [0.15, 0.2) is 42.9 Å². The first-order valence-electron chi connectivity index (χ1n) is 8.45. The SMILES string of the molecule is Cc1cccc2nc(C(=O)N3CCCC[C@@H]3Cn3cccn3)cn12. The Morgan fingerprint density at radius 1 is 1.29 bits per heavy atom. The Hall–Kier alpha value is -2.63. The van der Waals surface area contributed by atoms with E-state index in [0.717, 1.165) is 43.7 Å². The lowest BCUT2D eigenvalue weighted by Crippen LogP contribution is -2.46. The zero-order valence-electron chi connectivity index (χ0n) is 13.8. The summed E-state index contributed by atoms with van der Waals surface area (Å²) in [4.78, 5) is 19.5. The fraction of sp³-hybridized carbons (Fsp3) is 0.389. The number of rotatable bonds is 3. The van der Waals surface area contributed by atoms with Crippen molar-refractivity contribution in [3.8, 4) is 0 Å². The minimum absolute atomic E-state index is 0.0231. The average molecular weight is 323 g/mol. The first kappa shape index (κ1) is 14.9. The molecule has 3 aromatic rings. The van der Waals surface area contributed by atoms with E-state index in [1.165, 1.54) is 0 Å². The van der Waals surface area contributed by atoms with Crippen molar-refractivity contribution in [2.45, 2.75) is 38.8 Å². The highest BCUT2D eigenvalue weighted by molar-refractivity contribution is 5.93. The van der Waals surface area contributed by atoms with E-state index in [-0.39, 0.29) is 11.9 Å². The van der Waals surface area contributed by atoms with Crippen LogP contribution in [-0.4, -0.2) is 42.6 Å². The third-order valence-corrected chi connectivity index (χ3v) is 4.76. The lowest BCUT2D eigenvalue weighted by Gasteiger charge is -2.35. The minimum atomic E-state index is 0.0231. The second-order valence-electron chi connectivity index (χ2n) is 6.40. The topological polar surface area (TPSA) is 55.4 Å². The quantitative estimate of drug-likeness (QED) is 0.744. The summed E-state index contributed by atoms with van der Waals surface area (Å²) in [5, 5.41) is 4.28. The Balaban J connectivity index is 1.61. The highest BCUT2D eigenvalue weighted by Crippen LogP contribution is 2.21. The van der Waals surface area contributed by atoms with Gasteiger partial charge in [-0.3, -0.25) is 9.48 Å². The maximum absolute atomic E-state index is 13.0. The number of hydrogen-bond donors (Lipinski definition) is 0. The van der Waals surface area contributed by atoms with E-state index in [1.54, 1.807) is 6.20 Å². The number of carbonyl (C=O) groups is 1. The minimum Gasteiger partial charge on any atom is -0.332 e. The summed E-state index contributed by atoms with van der Waals surface area (Å²) in [5.41, 5.74) is 2.42. The fourth-order valence-electron chi connectivity index (χ4n) is 3.48. The van der Waals surface area contributed by atoms with Crippen molar-refractivity contribution in [3.63, 3.8) is 0 Å². The van der Waals surface area contributed by atoms with Gasteiger partial charge in [0.15, 0.2) is 0 Å². The summed E-state index contributed by atoms with van der Waals surface area (Å²) in [7, 11) is 0. The van der Waals surface area contributed by atoms with Gasteiger partial charge in [-0.25, -0.2) is 4.98 Å². The van der Waals surface area contributed by atoms with Crippen molar-refractivity contribution in [1.29, 1.82) is 0 Å². The molecule has 0 N–H and O–H groups in total. The highest BCUT2D eigenvalue weighted by atomic mass is 16.2. The number of aromatic nitrogens is 4. The Morgan fingerprint density at radius 3 is 3.00 bits per heavy atom. The molecule has 6 heteroatoms. The molecule has 6 nitrogen and oxygen atoms in total. The van der Waals surface area contributed by atoms with Crippen LogP contribution in [0.2, 0.25) is 0 Å². The number of fused-ring (bicyclic) bond motifs is 1. The fourth-order valence-corrected chi connectivity index (χ4v) is 3.48. The molecule has 0 spiro atoms. The van der Waals surface area contributed by atoms with Gasteiger partial charge < -0.3 is 9.30 Å². The number of nitrogens with zero attached hydrogens (tertiary/aromatic N) is 5. The van der Waals surface area contributed by atoms with Crippen LogP contribution < -0.4 is 0 Å². The zero-order valence-corrected chi connectivity index (χ0v) is 13.8. The van der Waals surface area contributed by atoms with Gasteiger partial charge in [-0.2, -0.15) is 5.10 Å². The van der Waals surface area contributed by atoms with Gasteiger partial charge in [0.05, 0.1) is 12.6 Å². The Labute approximate surface area is 140 Å². The highest BCUT2D eigenvalue weighted by Gasteiger charge is 2.29. The molecule has 0 aromatic carbocycles. The standard InChI is InChI=1S/C18H21N5O/c1-14-6-4-8-17-20-16(13-23(14)17)18(24)22-11-3-2-7-15(22)12-21-10-5-9-19-21/h4-6,8-10,13,15H,2-3,7,11-12H2,1H3/t15-/m1/s1.